The molecular weight excluding hydrogens is 312 g/mol. The van der Waals surface area contributed by atoms with E-state index >= 15 is 0 Å². The van der Waals surface area contributed by atoms with Crippen LogP contribution in [0.1, 0.15) is 39.2 Å². The van der Waals surface area contributed by atoms with E-state index in [9.17, 15) is 10.1 Å². The van der Waals surface area contributed by atoms with Crippen LogP contribution in [0.2, 0.25) is 0 Å². The van der Waals surface area contributed by atoms with Crippen molar-refractivity contribution in [1.82, 2.24) is 0 Å². The highest BCUT2D eigenvalue weighted by molar-refractivity contribution is 5.99. The lowest BCUT2D eigenvalue weighted by Crippen LogP contribution is -2.34. The van der Waals surface area contributed by atoms with Gasteiger partial charge in [0, 0.05) is 18.4 Å². The normalized spacial score (nSPS) is 23.0. The number of ketones is 1. The Morgan fingerprint density at radius 1 is 1.32 bits per heavy atom. The average molecular weight is 334 g/mol. The number of nitriles is 1. The molecule has 1 aromatic carbocycles. The third-order valence-corrected chi connectivity index (χ3v) is 4.72. The van der Waals surface area contributed by atoms with Crippen molar-refractivity contribution in [3.8, 4) is 6.07 Å². The van der Waals surface area contributed by atoms with Crippen LogP contribution in [-0.4, -0.2) is 5.78 Å². The molecule has 1 aliphatic carbocycles. The minimum Gasteiger partial charge on any atom is -0.444 e. The van der Waals surface area contributed by atoms with Gasteiger partial charge in [-0.2, -0.15) is 5.26 Å². The Labute approximate surface area is 148 Å². The number of nitrogens with two attached hydrogens (primary N) is 1. The zero-order valence-corrected chi connectivity index (χ0v) is 14.8. The van der Waals surface area contributed by atoms with E-state index in [-0.39, 0.29) is 17.1 Å². The van der Waals surface area contributed by atoms with Gasteiger partial charge in [0.05, 0.1) is 5.92 Å². The van der Waals surface area contributed by atoms with Crippen LogP contribution in [0.4, 0.5) is 0 Å². The Kier molecular flexibility index (Phi) is 4.26. The summed E-state index contributed by atoms with van der Waals surface area (Å²) in [6.07, 6.45) is 3.09. The summed E-state index contributed by atoms with van der Waals surface area (Å²) in [5.74, 6) is 0.330. The Morgan fingerprint density at radius 2 is 2.00 bits per heavy atom. The van der Waals surface area contributed by atoms with Crippen molar-refractivity contribution in [1.29, 1.82) is 5.26 Å². The van der Waals surface area contributed by atoms with Crippen molar-refractivity contribution in [3.63, 3.8) is 0 Å². The molecule has 3 rings (SSSR count). The molecule has 1 aliphatic heterocycles. The van der Waals surface area contributed by atoms with Crippen molar-refractivity contribution < 1.29 is 9.53 Å². The van der Waals surface area contributed by atoms with Crippen LogP contribution in [0.25, 0.3) is 6.08 Å². The number of carbonyl (C=O) groups excluding carboxylic acids is 1. The van der Waals surface area contributed by atoms with E-state index in [1.165, 1.54) is 0 Å². The van der Waals surface area contributed by atoms with Crippen LogP contribution in [0, 0.1) is 22.7 Å². The molecule has 1 aromatic rings. The van der Waals surface area contributed by atoms with Gasteiger partial charge in [0.15, 0.2) is 5.78 Å². The fourth-order valence-electron chi connectivity index (χ4n) is 3.64. The first-order valence-corrected chi connectivity index (χ1v) is 8.39. The molecular formula is C21H22N2O2. The fraction of sp³-hybridized carbons (Fsp3) is 0.333. The Bertz CT molecular complexity index is 852. The third kappa shape index (κ3) is 3.23. The first kappa shape index (κ1) is 17.0. The van der Waals surface area contributed by atoms with Crippen molar-refractivity contribution >= 4 is 11.9 Å². The Balaban J connectivity index is 2.11. The molecule has 0 unspecified atom stereocenters. The number of allylic oxidation sites excluding steroid dienone is 4. The maximum atomic E-state index is 12.8. The van der Waals surface area contributed by atoms with E-state index in [1.54, 1.807) is 0 Å². The lowest BCUT2D eigenvalue weighted by Gasteiger charge is -2.37. The zero-order chi connectivity index (χ0) is 18.2. The topological polar surface area (TPSA) is 76.1 Å². The van der Waals surface area contributed by atoms with Gasteiger partial charge in [0.25, 0.3) is 0 Å². The predicted molar refractivity (Wildman–Crippen MR) is 96.5 cm³/mol. The summed E-state index contributed by atoms with van der Waals surface area (Å²) in [4.78, 5) is 12.8. The van der Waals surface area contributed by atoms with E-state index in [0.717, 1.165) is 11.1 Å². The van der Waals surface area contributed by atoms with Gasteiger partial charge in [-0.15, -0.1) is 0 Å². The van der Waals surface area contributed by atoms with E-state index in [0.29, 0.717) is 29.7 Å². The Hall–Kier alpha value is -2.80. The molecule has 0 radical (unpaired) electrons. The van der Waals surface area contributed by atoms with Crippen LogP contribution in [0.5, 0.6) is 0 Å². The number of hydrogen-bond donors (Lipinski definition) is 1. The molecule has 0 saturated heterocycles. The standard InChI is InChI=1S/C21H22N2O2/c1-13(9-14-7-5-4-6-8-14)18-15(12-22)20(23)25-17-11-21(2,3)10-16(24)19(17)18/h4-9,18H,10-11,23H2,1-3H3/t18-/m1/s1. The van der Waals surface area contributed by atoms with Gasteiger partial charge in [-0.05, 0) is 17.9 Å². The summed E-state index contributed by atoms with van der Waals surface area (Å²) in [6, 6.07) is 12.0. The van der Waals surface area contributed by atoms with Gasteiger partial charge in [0.1, 0.15) is 17.4 Å². The quantitative estimate of drug-likeness (QED) is 0.884. The van der Waals surface area contributed by atoms with Crippen LogP contribution in [-0.2, 0) is 9.53 Å². The number of rotatable bonds is 2. The fourth-order valence-corrected chi connectivity index (χ4v) is 3.64. The van der Waals surface area contributed by atoms with Crippen molar-refractivity contribution in [3.05, 3.63) is 64.3 Å². The average Bonchev–Trinajstić information content (AvgIpc) is 2.53. The number of Topliss-reactive ketones (excluding diaryl/α,β-unsaturated/α-hetero) is 1. The zero-order valence-electron chi connectivity index (χ0n) is 14.8. The molecule has 1 atom stereocenters. The van der Waals surface area contributed by atoms with Gasteiger partial charge >= 0.3 is 0 Å². The summed E-state index contributed by atoms with van der Waals surface area (Å²) in [5, 5.41) is 9.60. The van der Waals surface area contributed by atoms with Crippen molar-refractivity contribution in [2.24, 2.45) is 17.1 Å². The number of benzene rings is 1. The monoisotopic (exact) mass is 334 g/mol. The summed E-state index contributed by atoms with van der Waals surface area (Å²) in [6.45, 7) is 6.02. The van der Waals surface area contributed by atoms with Crippen LogP contribution >= 0.6 is 0 Å². The smallest absolute Gasteiger partial charge is 0.205 e. The van der Waals surface area contributed by atoms with Crippen molar-refractivity contribution in [2.75, 3.05) is 0 Å². The first-order chi connectivity index (χ1) is 11.8. The highest BCUT2D eigenvalue weighted by Crippen LogP contribution is 2.46. The first-order valence-electron chi connectivity index (χ1n) is 8.39. The van der Waals surface area contributed by atoms with E-state index in [4.69, 9.17) is 10.5 Å². The molecule has 0 amide bonds. The molecule has 0 aromatic heterocycles. The second-order valence-corrected chi connectivity index (χ2v) is 7.50. The van der Waals surface area contributed by atoms with Crippen LogP contribution < -0.4 is 5.73 Å². The lowest BCUT2D eigenvalue weighted by molar-refractivity contribution is -0.119. The maximum Gasteiger partial charge on any atom is 0.205 e. The maximum absolute atomic E-state index is 12.8. The minimum absolute atomic E-state index is 0.0392. The van der Waals surface area contributed by atoms with E-state index in [1.807, 2.05) is 57.2 Å². The second kappa shape index (κ2) is 6.25. The molecule has 2 aliphatic rings. The molecule has 25 heavy (non-hydrogen) atoms. The Morgan fingerprint density at radius 3 is 2.64 bits per heavy atom. The number of ether oxygens (including phenoxy) is 1. The van der Waals surface area contributed by atoms with Gasteiger partial charge in [-0.3, -0.25) is 4.79 Å². The number of nitrogens with zero attached hydrogens (tertiary/aromatic N) is 1. The largest absolute Gasteiger partial charge is 0.444 e. The molecule has 4 nitrogen and oxygen atoms in total. The van der Waals surface area contributed by atoms with Gasteiger partial charge < -0.3 is 10.5 Å². The minimum atomic E-state index is -0.433. The van der Waals surface area contributed by atoms with E-state index in [2.05, 4.69) is 6.07 Å². The molecule has 0 saturated carbocycles. The molecule has 0 bridgehead atoms. The molecule has 2 N–H and O–H groups in total. The van der Waals surface area contributed by atoms with Crippen molar-refractivity contribution in [2.45, 2.75) is 33.6 Å². The highest BCUT2D eigenvalue weighted by atomic mass is 16.5. The van der Waals surface area contributed by atoms with Gasteiger partial charge in [-0.25, -0.2) is 0 Å². The SMILES string of the molecule is CC(=Cc1ccccc1)[C@@H]1C(C#N)=C(N)OC2=C1C(=O)CC(C)(C)C2. The predicted octanol–water partition coefficient (Wildman–Crippen LogP) is 4.07. The second-order valence-electron chi connectivity index (χ2n) is 7.50. The lowest BCUT2D eigenvalue weighted by atomic mass is 9.70. The summed E-state index contributed by atoms with van der Waals surface area (Å²) >= 11 is 0. The number of hydrogen-bond acceptors (Lipinski definition) is 4. The van der Waals surface area contributed by atoms with Gasteiger partial charge in [-0.1, -0.05) is 55.8 Å². The summed E-state index contributed by atoms with van der Waals surface area (Å²) < 4.78 is 5.70. The third-order valence-electron chi connectivity index (χ3n) is 4.72. The summed E-state index contributed by atoms with van der Waals surface area (Å²) in [5.41, 5.74) is 8.69. The van der Waals surface area contributed by atoms with Crippen LogP contribution in [0.3, 0.4) is 0 Å². The summed E-state index contributed by atoms with van der Waals surface area (Å²) in [7, 11) is 0. The van der Waals surface area contributed by atoms with E-state index < -0.39 is 5.92 Å². The van der Waals surface area contributed by atoms with Crippen LogP contribution in [0.15, 0.2) is 58.7 Å². The molecule has 0 spiro atoms. The highest BCUT2D eigenvalue weighted by Gasteiger charge is 2.42. The number of carbonyl (C=O) groups is 1. The molecule has 128 valence electrons. The molecule has 0 fully saturated rings. The molecule has 4 heteroatoms. The molecule has 1 heterocycles. The van der Waals surface area contributed by atoms with Gasteiger partial charge in [0.2, 0.25) is 5.88 Å².